The lowest BCUT2D eigenvalue weighted by Crippen LogP contribution is -2.21. The van der Waals surface area contributed by atoms with E-state index in [9.17, 15) is 4.79 Å². The van der Waals surface area contributed by atoms with Crippen LogP contribution in [0, 0.1) is 0 Å². The van der Waals surface area contributed by atoms with E-state index < -0.39 is 0 Å². The van der Waals surface area contributed by atoms with Gasteiger partial charge >= 0.3 is 0 Å². The van der Waals surface area contributed by atoms with E-state index >= 15 is 0 Å². The summed E-state index contributed by atoms with van der Waals surface area (Å²) in [5.41, 5.74) is 6.57. The van der Waals surface area contributed by atoms with Crippen LogP contribution >= 0.6 is 0 Å². The summed E-state index contributed by atoms with van der Waals surface area (Å²) in [6.07, 6.45) is 3.82. The van der Waals surface area contributed by atoms with Crippen molar-refractivity contribution in [2.24, 2.45) is 5.73 Å². The molecule has 5 heteroatoms. The third-order valence-electron chi connectivity index (χ3n) is 1.91. The maximum atomic E-state index is 11.6. The van der Waals surface area contributed by atoms with E-state index in [2.05, 4.69) is 10.1 Å². The van der Waals surface area contributed by atoms with E-state index in [1.807, 2.05) is 0 Å². The van der Waals surface area contributed by atoms with E-state index in [-0.39, 0.29) is 5.56 Å². The van der Waals surface area contributed by atoms with E-state index in [0.29, 0.717) is 24.2 Å². The SMILES string of the molecule is NCCc1cnc2cc[nH]n2c1=O. The molecule has 0 aliphatic carbocycles. The molecule has 0 saturated heterocycles. The highest BCUT2D eigenvalue weighted by atomic mass is 16.1. The summed E-state index contributed by atoms with van der Waals surface area (Å²) in [6.45, 7) is 0.462. The van der Waals surface area contributed by atoms with Crippen LogP contribution in [0.2, 0.25) is 0 Å². The van der Waals surface area contributed by atoms with Crippen LogP contribution in [-0.4, -0.2) is 21.1 Å². The standard InChI is InChI=1S/C8H10N4O/c9-3-1-6-5-10-7-2-4-11-12(7)8(6)13/h2,4-5,11H,1,3,9H2. The molecule has 5 nitrogen and oxygen atoms in total. The average Bonchev–Trinajstić information content (AvgIpc) is 2.58. The highest BCUT2D eigenvalue weighted by Crippen LogP contribution is 1.95. The van der Waals surface area contributed by atoms with Crippen molar-refractivity contribution in [3.05, 3.63) is 34.4 Å². The lowest BCUT2D eigenvalue weighted by molar-refractivity contribution is 0.847. The minimum Gasteiger partial charge on any atom is -0.330 e. The van der Waals surface area contributed by atoms with Gasteiger partial charge in [0.25, 0.3) is 5.56 Å². The van der Waals surface area contributed by atoms with Crippen molar-refractivity contribution in [3.8, 4) is 0 Å². The maximum absolute atomic E-state index is 11.6. The molecular weight excluding hydrogens is 168 g/mol. The zero-order chi connectivity index (χ0) is 9.26. The van der Waals surface area contributed by atoms with E-state index in [1.54, 1.807) is 18.5 Å². The van der Waals surface area contributed by atoms with Gasteiger partial charge < -0.3 is 5.73 Å². The first-order valence-corrected chi connectivity index (χ1v) is 4.07. The van der Waals surface area contributed by atoms with Crippen molar-refractivity contribution in [3.63, 3.8) is 0 Å². The Morgan fingerprint density at radius 3 is 3.23 bits per heavy atom. The first-order valence-electron chi connectivity index (χ1n) is 4.07. The molecule has 0 bridgehead atoms. The van der Waals surface area contributed by atoms with Crippen molar-refractivity contribution in [2.75, 3.05) is 6.54 Å². The zero-order valence-electron chi connectivity index (χ0n) is 7.03. The number of nitrogens with two attached hydrogens (primary N) is 1. The normalized spacial score (nSPS) is 10.8. The molecule has 2 rings (SSSR count). The number of nitrogens with zero attached hydrogens (tertiary/aromatic N) is 2. The Morgan fingerprint density at radius 2 is 2.46 bits per heavy atom. The number of hydrogen-bond donors (Lipinski definition) is 2. The Kier molecular flexibility index (Phi) is 1.86. The molecular formula is C8H10N4O. The summed E-state index contributed by atoms with van der Waals surface area (Å²) in [6, 6.07) is 1.74. The molecule has 68 valence electrons. The Morgan fingerprint density at radius 1 is 1.62 bits per heavy atom. The van der Waals surface area contributed by atoms with Gasteiger partial charge in [-0.15, -0.1) is 0 Å². The van der Waals surface area contributed by atoms with E-state index in [0.717, 1.165) is 0 Å². The molecule has 0 spiro atoms. The third-order valence-corrected chi connectivity index (χ3v) is 1.91. The molecule has 0 atom stereocenters. The van der Waals surface area contributed by atoms with Crippen molar-refractivity contribution in [2.45, 2.75) is 6.42 Å². The van der Waals surface area contributed by atoms with Crippen LogP contribution in [0.4, 0.5) is 0 Å². The number of fused-ring (bicyclic) bond motifs is 1. The molecule has 2 aromatic heterocycles. The molecule has 0 fully saturated rings. The molecule has 0 radical (unpaired) electrons. The number of nitrogens with one attached hydrogen (secondary N) is 1. The smallest absolute Gasteiger partial charge is 0.275 e. The summed E-state index contributed by atoms with van der Waals surface area (Å²) in [4.78, 5) is 15.7. The lowest BCUT2D eigenvalue weighted by Gasteiger charge is -1.97. The first kappa shape index (κ1) is 8.00. The Bertz CT molecular complexity index is 470. The molecule has 2 heterocycles. The molecule has 0 aliphatic rings. The van der Waals surface area contributed by atoms with Gasteiger partial charge in [0.2, 0.25) is 0 Å². The zero-order valence-corrected chi connectivity index (χ0v) is 7.03. The quantitative estimate of drug-likeness (QED) is 0.652. The van der Waals surface area contributed by atoms with Crippen LogP contribution in [0.15, 0.2) is 23.3 Å². The summed E-state index contributed by atoms with van der Waals surface area (Å²) in [5, 5.41) is 2.79. The minimum absolute atomic E-state index is 0.0690. The number of rotatable bonds is 2. The van der Waals surface area contributed by atoms with Crippen LogP contribution in [0.1, 0.15) is 5.56 Å². The monoisotopic (exact) mass is 178 g/mol. The second kappa shape index (κ2) is 3.02. The fourth-order valence-electron chi connectivity index (χ4n) is 1.26. The predicted molar refractivity (Wildman–Crippen MR) is 48.6 cm³/mol. The fourth-order valence-corrected chi connectivity index (χ4v) is 1.26. The van der Waals surface area contributed by atoms with Crippen LogP contribution < -0.4 is 11.3 Å². The van der Waals surface area contributed by atoms with Crippen LogP contribution in [0.5, 0.6) is 0 Å². The minimum atomic E-state index is -0.0690. The first-order chi connectivity index (χ1) is 6.33. The van der Waals surface area contributed by atoms with Gasteiger partial charge in [0.15, 0.2) is 5.65 Å². The average molecular weight is 178 g/mol. The molecule has 0 aliphatic heterocycles. The summed E-state index contributed by atoms with van der Waals surface area (Å²) in [5.74, 6) is 0. The Labute approximate surface area is 74.2 Å². The second-order valence-electron chi connectivity index (χ2n) is 2.78. The molecule has 0 amide bonds. The van der Waals surface area contributed by atoms with Crippen LogP contribution in [-0.2, 0) is 6.42 Å². The van der Waals surface area contributed by atoms with Crippen molar-refractivity contribution < 1.29 is 0 Å². The van der Waals surface area contributed by atoms with Gasteiger partial charge in [0.1, 0.15) is 0 Å². The molecule has 0 unspecified atom stereocenters. The summed E-state index contributed by atoms with van der Waals surface area (Å²) in [7, 11) is 0. The number of H-pyrrole nitrogens is 1. The van der Waals surface area contributed by atoms with Crippen LogP contribution in [0.25, 0.3) is 5.65 Å². The topological polar surface area (TPSA) is 76.2 Å². The lowest BCUT2D eigenvalue weighted by atomic mass is 10.2. The third kappa shape index (κ3) is 1.23. The Balaban J connectivity index is 2.67. The number of hydrogen-bond acceptors (Lipinski definition) is 3. The van der Waals surface area contributed by atoms with Gasteiger partial charge in [-0.25, -0.2) is 9.50 Å². The van der Waals surface area contributed by atoms with Gasteiger partial charge in [-0.1, -0.05) is 0 Å². The number of aromatic amines is 1. The highest BCUT2D eigenvalue weighted by molar-refractivity contribution is 5.35. The second-order valence-corrected chi connectivity index (χ2v) is 2.78. The van der Waals surface area contributed by atoms with E-state index in [4.69, 9.17) is 5.73 Å². The molecule has 0 aromatic carbocycles. The summed E-state index contributed by atoms with van der Waals surface area (Å²) < 4.78 is 1.41. The van der Waals surface area contributed by atoms with Crippen molar-refractivity contribution in [1.29, 1.82) is 0 Å². The Hall–Kier alpha value is -1.62. The molecule has 13 heavy (non-hydrogen) atoms. The van der Waals surface area contributed by atoms with Gasteiger partial charge in [0, 0.05) is 24.0 Å². The molecule has 3 N–H and O–H groups in total. The largest absolute Gasteiger partial charge is 0.330 e. The van der Waals surface area contributed by atoms with Crippen molar-refractivity contribution in [1.82, 2.24) is 14.6 Å². The molecule has 0 saturated carbocycles. The predicted octanol–water partition coefficient (Wildman–Crippen LogP) is -0.476. The number of aromatic nitrogens is 3. The van der Waals surface area contributed by atoms with Gasteiger partial charge in [-0.05, 0) is 13.0 Å². The molecule has 2 aromatic rings. The maximum Gasteiger partial charge on any atom is 0.275 e. The summed E-state index contributed by atoms with van der Waals surface area (Å²) >= 11 is 0. The highest BCUT2D eigenvalue weighted by Gasteiger charge is 2.03. The van der Waals surface area contributed by atoms with Crippen LogP contribution in [0.3, 0.4) is 0 Å². The van der Waals surface area contributed by atoms with Gasteiger partial charge in [-0.3, -0.25) is 9.89 Å². The van der Waals surface area contributed by atoms with Gasteiger partial charge in [0.05, 0.1) is 0 Å². The van der Waals surface area contributed by atoms with E-state index in [1.165, 1.54) is 4.52 Å². The fraction of sp³-hybridized carbons (Fsp3) is 0.250. The van der Waals surface area contributed by atoms with Gasteiger partial charge in [-0.2, -0.15) is 0 Å². The van der Waals surface area contributed by atoms with Crippen molar-refractivity contribution >= 4 is 5.65 Å².